The van der Waals surface area contributed by atoms with Gasteiger partial charge >= 0.3 is 0 Å². The Hall–Kier alpha value is -0.910. The zero-order valence-corrected chi connectivity index (χ0v) is 12.9. The fourth-order valence-electron chi connectivity index (χ4n) is 1.72. The highest BCUT2D eigenvalue weighted by molar-refractivity contribution is 9.10. The maximum Gasteiger partial charge on any atom is 0.222 e. The van der Waals surface area contributed by atoms with E-state index in [9.17, 15) is 9.90 Å². The summed E-state index contributed by atoms with van der Waals surface area (Å²) >= 11 is 3.36. The lowest BCUT2D eigenvalue weighted by Gasteiger charge is -2.27. The van der Waals surface area contributed by atoms with Gasteiger partial charge in [0, 0.05) is 18.0 Å². The lowest BCUT2D eigenvalue weighted by molar-refractivity contribution is -0.123. The molecule has 1 aromatic rings. The Bertz CT molecular complexity index is 408. The van der Waals surface area contributed by atoms with Crippen molar-refractivity contribution in [2.24, 2.45) is 0 Å². The number of benzene rings is 1. The molecule has 0 aromatic heterocycles. The third-order valence-electron chi connectivity index (χ3n) is 3.08. The molecule has 4 nitrogen and oxygen atoms in total. The molecular weight excluding hydrogens is 310 g/mol. The smallest absolute Gasteiger partial charge is 0.222 e. The van der Waals surface area contributed by atoms with Crippen LogP contribution in [0.5, 0.6) is 0 Å². The highest BCUT2D eigenvalue weighted by Gasteiger charge is 2.27. The summed E-state index contributed by atoms with van der Waals surface area (Å²) in [6.07, 6.45) is 0.829. The minimum absolute atomic E-state index is 0.120. The number of hydrogen-bond acceptors (Lipinski definition) is 3. The Morgan fingerprint density at radius 1 is 1.42 bits per heavy atom. The maximum absolute atomic E-state index is 11.5. The minimum Gasteiger partial charge on any atom is -0.384 e. The van der Waals surface area contributed by atoms with Crippen molar-refractivity contribution < 1.29 is 14.6 Å². The van der Waals surface area contributed by atoms with Gasteiger partial charge in [0.2, 0.25) is 5.91 Å². The highest BCUT2D eigenvalue weighted by atomic mass is 79.9. The summed E-state index contributed by atoms with van der Waals surface area (Å²) in [6, 6.07) is 7.47. The molecule has 0 bridgehead atoms. The van der Waals surface area contributed by atoms with Gasteiger partial charge in [0.15, 0.2) is 0 Å². The lowest BCUT2D eigenvalue weighted by atomic mass is 9.91. The number of nitrogens with one attached hydrogen (secondary N) is 1. The summed E-state index contributed by atoms with van der Waals surface area (Å²) in [7, 11) is 1.55. The van der Waals surface area contributed by atoms with E-state index in [0.29, 0.717) is 19.4 Å². The number of rotatable bonds is 7. The molecule has 0 spiro atoms. The van der Waals surface area contributed by atoms with Gasteiger partial charge in [-0.05, 0) is 24.1 Å². The van der Waals surface area contributed by atoms with Gasteiger partial charge in [-0.25, -0.2) is 0 Å². The summed E-state index contributed by atoms with van der Waals surface area (Å²) in [4.78, 5) is 11.5. The van der Waals surface area contributed by atoms with Crippen LogP contribution in [0, 0.1) is 0 Å². The van der Waals surface area contributed by atoms with Gasteiger partial charge in [-0.15, -0.1) is 0 Å². The molecule has 0 fully saturated rings. The van der Waals surface area contributed by atoms with Crippen molar-refractivity contribution in [1.29, 1.82) is 0 Å². The van der Waals surface area contributed by atoms with Crippen LogP contribution in [0.1, 0.15) is 25.3 Å². The predicted octanol–water partition coefficient (Wildman–Crippen LogP) is 2.20. The largest absolute Gasteiger partial charge is 0.384 e. The second kappa shape index (κ2) is 7.62. The number of carbonyl (C=O) groups excluding carboxylic acids is 1. The number of aliphatic hydroxyl groups is 1. The van der Waals surface area contributed by atoms with Gasteiger partial charge in [0.05, 0.1) is 13.2 Å². The molecule has 0 radical (unpaired) electrons. The molecule has 0 saturated carbocycles. The molecule has 0 aliphatic carbocycles. The van der Waals surface area contributed by atoms with Crippen molar-refractivity contribution in [3.8, 4) is 0 Å². The number of carbonyl (C=O) groups is 1. The minimum atomic E-state index is -1.04. The van der Waals surface area contributed by atoms with Gasteiger partial charge < -0.3 is 15.2 Å². The molecule has 0 heterocycles. The molecular formula is C14H20BrNO3. The molecule has 1 rings (SSSR count). The number of hydrogen-bond donors (Lipinski definition) is 2. The van der Waals surface area contributed by atoms with Crippen LogP contribution in [0.3, 0.4) is 0 Å². The third kappa shape index (κ3) is 4.93. The van der Waals surface area contributed by atoms with Crippen molar-refractivity contribution in [3.63, 3.8) is 0 Å². The molecule has 1 atom stereocenters. The van der Waals surface area contributed by atoms with Gasteiger partial charge in [-0.1, -0.05) is 35.0 Å². The van der Waals surface area contributed by atoms with E-state index in [0.717, 1.165) is 10.0 Å². The highest BCUT2D eigenvalue weighted by Crippen LogP contribution is 2.25. The van der Waals surface area contributed by atoms with E-state index in [1.807, 2.05) is 31.2 Å². The van der Waals surface area contributed by atoms with Gasteiger partial charge in [0.1, 0.15) is 5.60 Å². The normalized spacial score (nSPS) is 13.9. The first-order valence-corrected chi connectivity index (χ1v) is 7.05. The number of ether oxygens (including phenoxy) is 1. The van der Waals surface area contributed by atoms with Crippen molar-refractivity contribution >= 4 is 21.8 Å². The summed E-state index contributed by atoms with van der Waals surface area (Å²) in [5.41, 5.74) is -0.242. The first kappa shape index (κ1) is 16.1. The second-order valence-corrected chi connectivity index (χ2v) is 5.33. The average Bonchev–Trinajstić information content (AvgIpc) is 2.43. The number of amides is 1. The summed E-state index contributed by atoms with van der Waals surface area (Å²) in [5.74, 6) is -0.120. The molecule has 19 heavy (non-hydrogen) atoms. The van der Waals surface area contributed by atoms with Crippen molar-refractivity contribution in [1.82, 2.24) is 5.32 Å². The Morgan fingerprint density at radius 3 is 2.58 bits per heavy atom. The van der Waals surface area contributed by atoms with Crippen LogP contribution in [0.2, 0.25) is 0 Å². The standard InChI is InChI=1S/C14H20BrNO3/c1-3-14(18,10-16-13(17)8-9-19-2)11-4-6-12(15)7-5-11/h4-7,18H,3,8-10H2,1-2H3,(H,16,17)/t14-/m1/s1. The first-order chi connectivity index (χ1) is 9.01. The van der Waals surface area contributed by atoms with E-state index in [2.05, 4.69) is 21.2 Å². The summed E-state index contributed by atoms with van der Waals surface area (Å²) in [5, 5.41) is 13.3. The van der Waals surface area contributed by atoms with Crippen LogP contribution >= 0.6 is 15.9 Å². The molecule has 5 heteroatoms. The maximum atomic E-state index is 11.5. The molecule has 0 unspecified atom stereocenters. The summed E-state index contributed by atoms with van der Waals surface area (Å²) in [6.45, 7) is 2.48. The summed E-state index contributed by atoms with van der Waals surface area (Å²) < 4.78 is 5.80. The van der Waals surface area contributed by atoms with Crippen molar-refractivity contribution in [3.05, 3.63) is 34.3 Å². The van der Waals surface area contributed by atoms with Crippen LogP contribution in [0.25, 0.3) is 0 Å². The van der Waals surface area contributed by atoms with Crippen molar-refractivity contribution in [2.45, 2.75) is 25.4 Å². The SMILES string of the molecule is CC[C@@](O)(CNC(=O)CCOC)c1ccc(Br)cc1. The van der Waals surface area contributed by atoms with Crippen molar-refractivity contribution in [2.75, 3.05) is 20.3 Å². The van der Waals surface area contributed by atoms with Crippen LogP contribution in [0.4, 0.5) is 0 Å². The van der Waals surface area contributed by atoms with Gasteiger partial charge in [-0.3, -0.25) is 4.79 Å². The van der Waals surface area contributed by atoms with Crippen LogP contribution < -0.4 is 5.32 Å². The van der Waals surface area contributed by atoms with E-state index in [4.69, 9.17) is 4.74 Å². The molecule has 0 aliphatic heterocycles. The Morgan fingerprint density at radius 2 is 2.05 bits per heavy atom. The number of halogens is 1. The topological polar surface area (TPSA) is 58.6 Å². The molecule has 0 aliphatic rings. The van der Waals surface area contributed by atoms with Crippen LogP contribution in [0.15, 0.2) is 28.7 Å². The number of methoxy groups -OCH3 is 1. The molecule has 106 valence electrons. The van der Waals surface area contributed by atoms with Crippen LogP contribution in [-0.4, -0.2) is 31.3 Å². The predicted molar refractivity (Wildman–Crippen MR) is 77.8 cm³/mol. The quantitative estimate of drug-likeness (QED) is 0.806. The van der Waals surface area contributed by atoms with Gasteiger partial charge in [0.25, 0.3) is 0 Å². The zero-order valence-electron chi connectivity index (χ0n) is 11.3. The van der Waals surface area contributed by atoms with Crippen LogP contribution in [-0.2, 0) is 15.1 Å². The zero-order chi connectivity index (χ0) is 14.3. The lowest BCUT2D eigenvalue weighted by Crippen LogP contribution is -2.40. The molecule has 2 N–H and O–H groups in total. The van der Waals surface area contributed by atoms with E-state index < -0.39 is 5.60 Å². The van der Waals surface area contributed by atoms with E-state index in [1.54, 1.807) is 7.11 Å². The fraction of sp³-hybridized carbons (Fsp3) is 0.500. The Labute approximate surface area is 122 Å². The van der Waals surface area contributed by atoms with Gasteiger partial charge in [-0.2, -0.15) is 0 Å². The second-order valence-electron chi connectivity index (χ2n) is 4.41. The van der Waals surface area contributed by atoms with E-state index in [-0.39, 0.29) is 12.5 Å². The van der Waals surface area contributed by atoms with E-state index in [1.165, 1.54) is 0 Å². The molecule has 1 aromatic carbocycles. The first-order valence-electron chi connectivity index (χ1n) is 6.26. The van der Waals surface area contributed by atoms with E-state index >= 15 is 0 Å². The third-order valence-corrected chi connectivity index (χ3v) is 3.61. The molecule has 0 saturated heterocycles. The fourth-order valence-corrected chi connectivity index (χ4v) is 1.98. The Kier molecular flexibility index (Phi) is 6.48. The monoisotopic (exact) mass is 329 g/mol. The average molecular weight is 330 g/mol. The Balaban J connectivity index is 2.65. The molecule has 1 amide bonds.